The van der Waals surface area contributed by atoms with Crippen LogP contribution in [0.15, 0.2) is 24.3 Å². The summed E-state index contributed by atoms with van der Waals surface area (Å²) in [6.07, 6.45) is 6.56. The molecule has 21 heavy (non-hydrogen) atoms. The number of benzene rings is 1. The molecule has 4 nitrogen and oxygen atoms in total. The van der Waals surface area contributed by atoms with Crippen LogP contribution in [0.5, 0.6) is 0 Å². The molecule has 1 heterocycles. The topological polar surface area (TPSA) is 56.5 Å². The summed E-state index contributed by atoms with van der Waals surface area (Å²) in [5, 5.41) is 0. The molecule has 2 unspecified atom stereocenters. The van der Waals surface area contributed by atoms with Gasteiger partial charge >= 0.3 is 0 Å². The van der Waals surface area contributed by atoms with E-state index in [1.54, 1.807) is 0 Å². The van der Waals surface area contributed by atoms with Gasteiger partial charge in [-0.3, -0.25) is 11.3 Å². The molecule has 1 aromatic rings. The van der Waals surface area contributed by atoms with Crippen LogP contribution >= 0.6 is 0 Å². The Morgan fingerprint density at radius 3 is 2.86 bits per heavy atom. The van der Waals surface area contributed by atoms with Crippen molar-refractivity contribution in [3.05, 3.63) is 35.4 Å². The lowest BCUT2D eigenvalue weighted by Crippen LogP contribution is -2.54. The minimum Gasteiger partial charge on any atom is -0.377 e. The van der Waals surface area contributed by atoms with Crippen molar-refractivity contribution in [2.75, 3.05) is 13.7 Å². The van der Waals surface area contributed by atoms with Crippen LogP contribution in [0.1, 0.15) is 49.3 Å². The minimum atomic E-state index is -0.134. The molecule has 0 spiro atoms. The number of hydrazine groups is 1. The van der Waals surface area contributed by atoms with Crippen molar-refractivity contribution in [2.45, 2.75) is 56.3 Å². The van der Waals surface area contributed by atoms with Crippen LogP contribution in [0.4, 0.5) is 0 Å². The number of nitrogens with one attached hydrogen (secondary N) is 1. The Morgan fingerprint density at radius 1 is 1.38 bits per heavy atom. The largest absolute Gasteiger partial charge is 0.377 e. The molecule has 0 aromatic heterocycles. The van der Waals surface area contributed by atoms with E-state index in [-0.39, 0.29) is 17.7 Å². The van der Waals surface area contributed by atoms with Crippen molar-refractivity contribution in [3.63, 3.8) is 0 Å². The first kappa shape index (κ1) is 15.0. The number of hydrogen-bond donors (Lipinski definition) is 2. The van der Waals surface area contributed by atoms with Gasteiger partial charge in [-0.2, -0.15) is 0 Å². The maximum absolute atomic E-state index is 6.03. The standard InChI is InChI=1S/C17H26N2O2/c1-20-17(9-4-5-10-17)16(19-18)12-15-14-7-3-2-6-13(14)8-11-21-15/h2-3,6-7,15-16,19H,4-5,8-12,18H2,1H3. The molecule has 1 aliphatic carbocycles. The van der Waals surface area contributed by atoms with Gasteiger partial charge in [0.25, 0.3) is 0 Å². The lowest BCUT2D eigenvalue weighted by molar-refractivity contribution is -0.0587. The summed E-state index contributed by atoms with van der Waals surface area (Å²) >= 11 is 0. The molecule has 1 saturated carbocycles. The lowest BCUT2D eigenvalue weighted by Gasteiger charge is -2.39. The van der Waals surface area contributed by atoms with E-state index < -0.39 is 0 Å². The zero-order valence-electron chi connectivity index (χ0n) is 12.8. The predicted molar refractivity (Wildman–Crippen MR) is 82.8 cm³/mol. The quantitative estimate of drug-likeness (QED) is 0.646. The van der Waals surface area contributed by atoms with Gasteiger partial charge in [0.1, 0.15) is 0 Å². The van der Waals surface area contributed by atoms with Crippen LogP contribution in [0.25, 0.3) is 0 Å². The van der Waals surface area contributed by atoms with E-state index in [0.717, 1.165) is 32.3 Å². The van der Waals surface area contributed by atoms with Crippen LogP contribution in [0, 0.1) is 0 Å². The van der Waals surface area contributed by atoms with Gasteiger partial charge in [0, 0.05) is 7.11 Å². The van der Waals surface area contributed by atoms with Crippen molar-refractivity contribution >= 4 is 0 Å². The van der Waals surface area contributed by atoms with Gasteiger partial charge in [0.2, 0.25) is 0 Å². The summed E-state index contributed by atoms with van der Waals surface area (Å²) in [5.41, 5.74) is 5.59. The van der Waals surface area contributed by atoms with Crippen LogP contribution in [0.2, 0.25) is 0 Å². The van der Waals surface area contributed by atoms with Crippen molar-refractivity contribution in [1.29, 1.82) is 0 Å². The highest BCUT2D eigenvalue weighted by molar-refractivity contribution is 5.31. The fourth-order valence-corrected chi connectivity index (χ4v) is 3.99. The molecular formula is C17H26N2O2. The molecule has 1 fully saturated rings. The Balaban J connectivity index is 1.79. The number of fused-ring (bicyclic) bond motifs is 1. The molecule has 2 atom stereocenters. The lowest BCUT2D eigenvalue weighted by atomic mass is 9.85. The molecule has 3 rings (SSSR count). The molecule has 0 saturated heterocycles. The van der Waals surface area contributed by atoms with E-state index in [1.165, 1.54) is 24.0 Å². The third-order valence-electron chi connectivity index (χ3n) is 5.23. The Labute approximate surface area is 127 Å². The predicted octanol–water partition coefficient (Wildman–Crippen LogP) is 2.48. The number of hydrogen-bond acceptors (Lipinski definition) is 4. The Kier molecular flexibility index (Phi) is 4.60. The van der Waals surface area contributed by atoms with E-state index >= 15 is 0 Å². The second kappa shape index (κ2) is 6.44. The van der Waals surface area contributed by atoms with E-state index in [0.29, 0.717) is 0 Å². The maximum atomic E-state index is 6.03. The van der Waals surface area contributed by atoms with Crippen molar-refractivity contribution in [2.24, 2.45) is 5.84 Å². The molecule has 1 aromatic carbocycles. The smallest absolute Gasteiger partial charge is 0.0845 e. The average molecular weight is 290 g/mol. The average Bonchev–Trinajstić information content (AvgIpc) is 3.02. The Morgan fingerprint density at radius 2 is 2.14 bits per heavy atom. The normalized spacial score (nSPS) is 25.5. The number of ether oxygens (including phenoxy) is 2. The molecule has 4 heteroatoms. The summed E-state index contributed by atoms with van der Waals surface area (Å²) in [7, 11) is 1.81. The first-order chi connectivity index (χ1) is 10.3. The van der Waals surface area contributed by atoms with Crippen molar-refractivity contribution < 1.29 is 9.47 Å². The molecule has 116 valence electrons. The maximum Gasteiger partial charge on any atom is 0.0845 e. The van der Waals surface area contributed by atoms with Gasteiger partial charge in [-0.1, -0.05) is 37.1 Å². The van der Waals surface area contributed by atoms with Crippen LogP contribution in [0.3, 0.4) is 0 Å². The fourth-order valence-electron chi connectivity index (χ4n) is 3.99. The Bertz CT molecular complexity index is 472. The number of methoxy groups -OCH3 is 1. The van der Waals surface area contributed by atoms with E-state index in [9.17, 15) is 0 Å². The first-order valence-electron chi connectivity index (χ1n) is 8.00. The van der Waals surface area contributed by atoms with Crippen molar-refractivity contribution in [1.82, 2.24) is 5.43 Å². The molecule has 0 radical (unpaired) electrons. The van der Waals surface area contributed by atoms with Crippen LogP contribution < -0.4 is 11.3 Å². The monoisotopic (exact) mass is 290 g/mol. The highest BCUT2D eigenvalue weighted by atomic mass is 16.5. The second-order valence-electron chi connectivity index (χ2n) is 6.24. The van der Waals surface area contributed by atoms with Gasteiger partial charge < -0.3 is 9.47 Å². The summed E-state index contributed by atoms with van der Waals surface area (Å²) in [6, 6.07) is 8.71. The third-order valence-corrected chi connectivity index (χ3v) is 5.23. The van der Waals surface area contributed by atoms with E-state index in [4.69, 9.17) is 15.3 Å². The number of rotatable bonds is 5. The van der Waals surface area contributed by atoms with Crippen molar-refractivity contribution in [3.8, 4) is 0 Å². The third kappa shape index (κ3) is 2.86. The zero-order chi connectivity index (χ0) is 14.7. The molecular weight excluding hydrogens is 264 g/mol. The van der Waals surface area contributed by atoms with Crippen LogP contribution in [-0.2, 0) is 15.9 Å². The van der Waals surface area contributed by atoms with Gasteiger partial charge in [0.05, 0.1) is 24.4 Å². The van der Waals surface area contributed by atoms with Gasteiger partial charge in [-0.15, -0.1) is 0 Å². The number of nitrogens with two attached hydrogens (primary N) is 1. The molecule has 1 aliphatic heterocycles. The molecule has 3 N–H and O–H groups in total. The fraction of sp³-hybridized carbons (Fsp3) is 0.647. The van der Waals surface area contributed by atoms with Gasteiger partial charge in [0.15, 0.2) is 0 Å². The molecule has 0 amide bonds. The van der Waals surface area contributed by atoms with E-state index in [2.05, 4.69) is 29.7 Å². The Hall–Kier alpha value is -0.940. The molecule has 0 bridgehead atoms. The summed E-state index contributed by atoms with van der Waals surface area (Å²) < 4.78 is 11.9. The summed E-state index contributed by atoms with van der Waals surface area (Å²) in [6.45, 7) is 0.791. The highest BCUT2D eigenvalue weighted by Crippen LogP contribution is 2.40. The second-order valence-corrected chi connectivity index (χ2v) is 6.24. The summed E-state index contributed by atoms with van der Waals surface area (Å²) in [4.78, 5) is 0. The highest BCUT2D eigenvalue weighted by Gasteiger charge is 2.42. The van der Waals surface area contributed by atoms with Gasteiger partial charge in [-0.25, -0.2) is 0 Å². The summed E-state index contributed by atoms with van der Waals surface area (Å²) in [5.74, 6) is 5.86. The zero-order valence-corrected chi connectivity index (χ0v) is 12.8. The van der Waals surface area contributed by atoms with Crippen LogP contribution in [-0.4, -0.2) is 25.4 Å². The first-order valence-corrected chi connectivity index (χ1v) is 8.00. The molecule has 2 aliphatic rings. The van der Waals surface area contributed by atoms with E-state index in [1.807, 2.05) is 7.11 Å². The van der Waals surface area contributed by atoms with Gasteiger partial charge in [-0.05, 0) is 36.8 Å². The SMILES string of the molecule is COC1(C(CC2OCCc3ccccc32)NN)CCCC1. The minimum absolute atomic E-state index is 0.114.